The van der Waals surface area contributed by atoms with Crippen LogP contribution in [0.15, 0.2) is 48.5 Å². The van der Waals surface area contributed by atoms with Gasteiger partial charge in [-0.2, -0.15) is 0 Å². The number of H-pyrrole nitrogens is 1. The summed E-state index contributed by atoms with van der Waals surface area (Å²) in [5, 5.41) is 12.4. The molecule has 1 aliphatic heterocycles. The number of β-amino-alcohol motifs (C(OH)–C–C–N with tert-alkyl or cyclic N) is 1. The summed E-state index contributed by atoms with van der Waals surface area (Å²) in [7, 11) is 0. The van der Waals surface area contributed by atoms with Crippen LogP contribution in [0.5, 0.6) is 0 Å². The fourth-order valence-electron chi connectivity index (χ4n) is 4.47. The summed E-state index contributed by atoms with van der Waals surface area (Å²) in [5.41, 5.74) is 5.07. The van der Waals surface area contributed by atoms with Crippen LogP contribution in [-0.4, -0.2) is 47.3 Å². The van der Waals surface area contributed by atoms with Crippen molar-refractivity contribution in [3.63, 3.8) is 0 Å². The number of aliphatic hydroxyl groups excluding tert-OH is 1. The zero-order chi connectivity index (χ0) is 20.2. The number of nitrogens with zero attached hydrogens (tertiary/aromatic N) is 1. The molecule has 3 aromatic rings. The first kappa shape index (κ1) is 20.4. The number of benzene rings is 2. The highest BCUT2D eigenvalue weighted by atomic mass is 35.5. The van der Waals surface area contributed by atoms with Gasteiger partial charge >= 0.3 is 0 Å². The Kier molecular flexibility index (Phi) is 6.56. The van der Waals surface area contributed by atoms with Crippen molar-refractivity contribution in [3.8, 4) is 0 Å². The van der Waals surface area contributed by atoms with Crippen LogP contribution in [0.1, 0.15) is 35.6 Å². The summed E-state index contributed by atoms with van der Waals surface area (Å²) in [6.07, 6.45) is 1.79. The Labute approximate surface area is 177 Å². The normalized spacial score (nSPS) is 17.1. The second kappa shape index (κ2) is 9.31. The topological polar surface area (TPSA) is 48.5 Å². The van der Waals surface area contributed by atoms with Crippen LogP contribution in [0.3, 0.4) is 0 Å². The number of halogens is 1. The van der Waals surface area contributed by atoms with Crippen molar-refractivity contribution in [1.82, 2.24) is 9.88 Å². The lowest BCUT2D eigenvalue weighted by atomic mass is 9.87. The molecule has 2 N–H and O–H groups in total. The zero-order valence-corrected chi connectivity index (χ0v) is 17.7. The Morgan fingerprint density at radius 1 is 1.14 bits per heavy atom. The Balaban J connectivity index is 1.24. The van der Waals surface area contributed by atoms with Gasteiger partial charge in [-0.25, -0.2) is 0 Å². The minimum Gasteiger partial charge on any atom is -0.389 e. The van der Waals surface area contributed by atoms with Gasteiger partial charge in [0.2, 0.25) is 0 Å². The lowest BCUT2D eigenvalue weighted by molar-refractivity contribution is 0.00623. The lowest BCUT2D eigenvalue weighted by Crippen LogP contribution is -2.39. The monoisotopic (exact) mass is 412 g/mol. The quantitative estimate of drug-likeness (QED) is 0.581. The van der Waals surface area contributed by atoms with E-state index < -0.39 is 6.10 Å². The van der Waals surface area contributed by atoms with Gasteiger partial charge < -0.3 is 19.7 Å². The minimum atomic E-state index is -0.464. The molecule has 1 fully saturated rings. The van der Waals surface area contributed by atoms with Crippen molar-refractivity contribution in [2.45, 2.75) is 38.4 Å². The van der Waals surface area contributed by atoms with E-state index in [0.717, 1.165) is 36.5 Å². The van der Waals surface area contributed by atoms with Crippen LogP contribution in [-0.2, 0) is 11.3 Å². The van der Waals surface area contributed by atoms with Gasteiger partial charge in [0.1, 0.15) is 0 Å². The van der Waals surface area contributed by atoms with Crippen molar-refractivity contribution in [3.05, 3.63) is 70.4 Å². The van der Waals surface area contributed by atoms with Gasteiger partial charge in [-0.3, -0.25) is 0 Å². The number of aromatic amines is 1. The number of nitrogens with one attached hydrogen (secondary N) is 1. The second-order valence-corrected chi connectivity index (χ2v) is 8.52. The average molecular weight is 413 g/mol. The smallest absolute Gasteiger partial charge is 0.0900 e. The number of rotatable bonds is 7. The zero-order valence-electron chi connectivity index (χ0n) is 16.9. The largest absolute Gasteiger partial charge is 0.389 e. The predicted molar refractivity (Wildman–Crippen MR) is 119 cm³/mol. The van der Waals surface area contributed by atoms with Gasteiger partial charge in [-0.15, -0.1) is 0 Å². The van der Waals surface area contributed by atoms with Crippen molar-refractivity contribution >= 4 is 22.5 Å². The molecule has 5 heteroatoms. The number of fused-ring (bicyclic) bond motifs is 1. The highest BCUT2D eigenvalue weighted by Crippen LogP contribution is 2.35. The first-order valence-electron chi connectivity index (χ1n) is 10.4. The Morgan fingerprint density at radius 2 is 1.86 bits per heavy atom. The van der Waals surface area contributed by atoms with Gasteiger partial charge in [-0.05, 0) is 68.1 Å². The lowest BCUT2D eigenvalue weighted by Gasteiger charge is -2.33. The molecule has 0 amide bonds. The molecule has 1 aliphatic rings. The van der Waals surface area contributed by atoms with Crippen LogP contribution in [0, 0.1) is 6.92 Å². The van der Waals surface area contributed by atoms with Crippen LogP contribution >= 0.6 is 11.6 Å². The first-order chi connectivity index (χ1) is 14.1. The molecule has 2 heterocycles. The second-order valence-electron chi connectivity index (χ2n) is 8.08. The van der Waals surface area contributed by atoms with Gasteiger partial charge in [0.15, 0.2) is 0 Å². The molecule has 29 heavy (non-hydrogen) atoms. The summed E-state index contributed by atoms with van der Waals surface area (Å²) < 4.78 is 5.68. The standard InChI is InChI=1S/C24H29ClN2O2/c1-17-24(22-4-2-3-5-23(22)26-17)19-10-12-27(13-11-19)14-21(28)16-29-15-18-6-8-20(25)9-7-18/h2-9,19,21,26,28H,10-16H2,1H3. The van der Waals surface area contributed by atoms with Crippen molar-refractivity contribution in [2.24, 2.45) is 0 Å². The molecular weight excluding hydrogens is 384 g/mol. The predicted octanol–water partition coefficient (Wildman–Crippen LogP) is 4.89. The molecule has 0 spiro atoms. The molecule has 4 nitrogen and oxygen atoms in total. The van der Waals surface area contributed by atoms with E-state index in [-0.39, 0.29) is 0 Å². The molecule has 0 aliphatic carbocycles. The maximum atomic E-state index is 10.4. The number of aromatic nitrogens is 1. The van der Waals surface area contributed by atoms with Crippen molar-refractivity contribution in [1.29, 1.82) is 0 Å². The molecule has 0 radical (unpaired) electrons. The average Bonchev–Trinajstić information content (AvgIpc) is 3.06. The van der Waals surface area contributed by atoms with E-state index >= 15 is 0 Å². The molecule has 1 aromatic heterocycles. The maximum absolute atomic E-state index is 10.4. The van der Waals surface area contributed by atoms with Gasteiger partial charge in [0.05, 0.1) is 19.3 Å². The number of hydrogen-bond acceptors (Lipinski definition) is 3. The Morgan fingerprint density at radius 3 is 2.62 bits per heavy atom. The van der Waals surface area contributed by atoms with Gasteiger partial charge in [-0.1, -0.05) is 41.9 Å². The Hall–Kier alpha value is -1.85. The fourth-order valence-corrected chi connectivity index (χ4v) is 4.60. The molecule has 1 atom stereocenters. The number of aryl methyl sites for hydroxylation is 1. The number of hydrogen-bond donors (Lipinski definition) is 2. The van der Waals surface area contributed by atoms with E-state index in [9.17, 15) is 5.11 Å². The summed E-state index contributed by atoms with van der Waals surface area (Å²) in [6.45, 7) is 5.72. The Bertz CT molecular complexity index is 930. The van der Waals surface area contributed by atoms with E-state index in [1.165, 1.54) is 22.2 Å². The molecule has 154 valence electrons. The van der Waals surface area contributed by atoms with Gasteiger partial charge in [0.25, 0.3) is 0 Å². The van der Waals surface area contributed by atoms with E-state index in [2.05, 4.69) is 41.1 Å². The van der Waals surface area contributed by atoms with Crippen LogP contribution in [0.4, 0.5) is 0 Å². The third-order valence-corrected chi connectivity index (χ3v) is 6.15. The summed E-state index contributed by atoms with van der Waals surface area (Å²) >= 11 is 5.90. The molecule has 4 rings (SSSR count). The van der Waals surface area contributed by atoms with E-state index in [4.69, 9.17) is 16.3 Å². The summed E-state index contributed by atoms with van der Waals surface area (Å²) in [6, 6.07) is 16.2. The van der Waals surface area contributed by atoms with Crippen LogP contribution < -0.4 is 0 Å². The number of ether oxygens (including phenoxy) is 1. The van der Waals surface area contributed by atoms with E-state index in [1.54, 1.807) is 0 Å². The van der Waals surface area contributed by atoms with Gasteiger partial charge in [0, 0.05) is 28.2 Å². The molecule has 0 saturated carbocycles. The van der Waals surface area contributed by atoms with E-state index in [1.807, 2.05) is 24.3 Å². The minimum absolute atomic E-state index is 0.351. The van der Waals surface area contributed by atoms with Crippen molar-refractivity contribution in [2.75, 3.05) is 26.2 Å². The van der Waals surface area contributed by atoms with Crippen molar-refractivity contribution < 1.29 is 9.84 Å². The van der Waals surface area contributed by atoms with Crippen LogP contribution in [0.2, 0.25) is 5.02 Å². The third kappa shape index (κ3) is 5.01. The highest BCUT2D eigenvalue weighted by Gasteiger charge is 2.25. The summed E-state index contributed by atoms with van der Waals surface area (Å²) in [5.74, 6) is 0.584. The fraction of sp³-hybridized carbons (Fsp3) is 0.417. The number of piperidine rings is 1. The SMILES string of the molecule is Cc1[nH]c2ccccc2c1C1CCN(CC(O)COCc2ccc(Cl)cc2)CC1. The maximum Gasteiger partial charge on any atom is 0.0900 e. The summed E-state index contributed by atoms with van der Waals surface area (Å²) in [4.78, 5) is 5.89. The molecular formula is C24H29ClN2O2. The highest BCUT2D eigenvalue weighted by molar-refractivity contribution is 6.30. The molecule has 0 bridgehead atoms. The molecule has 2 aromatic carbocycles. The molecule has 1 unspecified atom stereocenters. The third-order valence-electron chi connectivity index (χ3n) is 5.90. The number of aliphatic hydroxyl groups is 1. The van der Waals surface area contributed by atoms with E-state index in [0.29, 0.717) is 25.7 Å². The number of likely N-dealkylation sites (tertiary alicyclic amines) is 1. The first-order valence-corrected chi connectivity index (χ1v) is 10.8. The molecule has 1 saturated heterocycles. The van der Waals surface area contributed by atoms with Crippen LogP contribution in [0.25, 0.3) is 10.9 Å². The number of para-hydroxylation sites is 1.